The first-order valence-electron chi connectivity index (χ1n) is 13.2. The number of carboxylic acids is 1. The lowest BCUT2D eigenvalue weighted by Crippen LogP contribution is -2.67. The molecule has 4 saturated carbocycles. The topological polar surface area (TPSA) is 130 Å². The second kappa shape index (κ2) is 8.58. The molecule has 5 aliphatic rings. The van der Waals surface area contributed by atoms with Crippen molar-refractivity contribution in [3.63, 3.8) is 0 Å². The van der Waals surface area contributed by atoms with Gasteiger partial charge in [0, 0.05) is 11.5 Å². The first-order chi connectivity index (χ1) is 16.5. The Bertz CT molecular complexity index is 943. The number of carbonyl (C=O) groups is 3. The van der Waals surface area contributed by atoms with E-state index in [2.05, 4.69) is 6.92 Å². The van der Waals surface area contributed by atoms with Crippen LogP contribution in [-0.4, -0.2) is 57.6 Å². The number of carbonyl (C=O) groups excluding carboxylic acids is 2. The van der Waals surface area contributed by atoms with Crippen molar-refractivity contribution in [1.82, 2.24) is 0 Å². The number of aliphatic hydroxyl groups excluding tert-OH is 1. The zero-order valence-corrected chi connectivity index (χ0v) is 20.7. The molecule has 5 rings (SSSR count). The first kappa shape index (κ1) is 24.8. The van der Waals surface area contributed by atoms with Crippen LogP contribution in [0.25, 0.3) is 0 Å². The van der Waals surface area contributed by atoms with E-state index in [1.807, 2.05) is 6.92 Å². The van der Waals surface area contributed by atoms with Crippen LogP contribution in [-0.2, 0) is 23.9 Å². The quantitative estimate of drug-likeness (QED) is 0.502. The van der Waals surface area contributed by atoms with Crippen LogP contribution in [0.2, 0.25) is 0 Å². The van der Waals surface area contributed by atoms with E-state index in [0.29, 0.717) is 18.8 Å². The average molecular weight is 491 g/mol. The van der Waals surface area contributed by atoms with Crippen LogP contribution in [0.4, 0.5) is 0 Å². The van der Waals surface area contributed by atoms with Gasteiger partial charge in [-0.25, -0.2) is 4.79 Å². The Labute approximate surface area is 206 Å². The van der Waals surface area contributed by atoms with E-state index < -0.39 is 29.1 Å². The summed E-state index contributed by atoms with van der Waals surface area (Å²) in [5, 5.41) is 32.7. The molecule has 0 aromatic carbocycles. The molecule has 8 nitrogen and oxygen atoms in total. The zero-order valence-electron chi connectivity index (χ0n) is 20.7. The Kier molecular flexibility index (Phi) is 6.07. The molecule has 0 aromatic heterocycles. The number of hydrogen-bond acceptors (Lipinski definition) is 7. The van der Waals surface area contributed by atoms with Gasteiger partial charge >= 0.3 is 17.9 Å². The number of aliphatic hydroxyl groups is 2. The Morgan fingerprint density at radius 3 is 2.54 bits per heavy atom. The molecule has 0 aromatic rings. The summed E-state index contributed by atoms with van der Waals surface area (Å²) in [7, 11) is 0. The van der Waals surface area contributed by atoms with Crippen molar-refractivity contribution < 1.29 is 39.2 Å². The molecule has 0 amide bonds. The molecule has 0 radical (unpaired) electrons. The molecule has 0 spiro atoms. The van der Waals surface area contributed by atoms with Crippen molar-refractivity contribution in [3.05, 3.63) is 11.6 Å². The largest absolute Gasteiger partial charge is 0.481 e. The molecule has 0 unspecified atom stereocenters. The van der Waals surface area contributed by atoms with E-state index >= 15 is 0 Å². The monoisotopic (exact) mass is 490 g/mol. The van der Waals surface area contributed by atoms with E-state index in [0.717, 1.165) is 44.1 Å². The highest BCUT2D eigenvalue weighted by Crippen LogP contribution is 2.70. The van der Waals surface area contributed by atoms with E-state index in [9.17, 15) is 24.6 Å². The molecule has 8 heteroatoms. The minimum absolute atomic E-state index is 0.0608. The van der Waals surface area contributed by atoms with Crippen LogP contribution >= 0.6 is 0 Å². The minimum Gasteiger partial charge on any atom is -0.481 e. The number of rotatable bonds is 5. The minimum atomic E-state index is -1.00. The van der Waals surface area contributed by atoms with Gasteiger partial charge in [0.25, 0.3) is 0 Å². The van der Waals surface area contributed by atoms with Crippen LogP contribution in [0, 0.1) is 34.5 Å². The smallest absolute Gasteiger partial charge is 0.331 e. The van der Waals surface area contributed by atoms with Crippen LogP contribution in [0.5, 0.6) is 0 Å². The third kappa shape index (κ3) is 3.74. The van der Waals surface area contributed by atoms with Crippen LogP contribution < -0.4 is 0 Å². The van der Waals surface area contributed by atoms with Crippen LogP contribution in [0.1, 0.15) is 78.1 Å². The van der Waals surface area contributed by atoms with E-state index in [-0.39, 0.29) is 54.7 Å². The molecule has 4 aliphatic carbocycles. The average Bonchev–Trinajstić information content (AvgIpc) is 3.34. The summed E-state index contributed by atoms with van der Waals surface area (Å²) in [5.74, 6) is -1.28. The molecular weight excluding hydrogens is 452 g/mol. The van der Waals surface area contributed by atoms with Gasteiger partial charge in [0.05, 0.1) is 24.5 Å². The van der Waals surface area contributed by atoms with Crippen molar-refractivity contribution in [2.24, 2.45) is 34.5 Å². The lowest BCUT2D eigenvalue weighted by atomic mass is 9.42. The number of carboxylic acid groups (broad SMARTS) is 1. The van der Waals surface area contributed by atoms with Gasteiger partial charge in [-0.3, -0.25) is 9.59 Å². The molecule has 3 N–H and O–H groups in total. The number of cyclic esters (lactones) is 1. The van der Waals surface area contributed by atoms with Crippen LogP contribution in [0.3, 0.4) is 0 Å². The maximum atomic E-state index is 12.3. The van der Waals surface area contributed by atoms with E-state index in [4.69, 9.17) is 14.6 Å². The van der Waals surface area contributed by atoms with Crippen molar-refractivity contribution in [3.8, 4) is 0 Å². The third-order valence-electron chi connectivity index (χ3n) is 10.9. The summed E-state index contributed by atoms with van der Waals surface area (Å²) >= 11 is 0. The fourth-order valence-corrected chi connectivity index (χ4v) is 8.91. The van der Waals surface area contributed by atoms with Gasteiger partial charge in [-0.1, -0.05) is 13.8 Å². The molecule has 4 fully saturated rings. The number of ether oxygens (including phenoxy) is 2. The Balaban J connectivity index is 1.33. The predicted molar refractivity (Wildman–Crippen MR) is 124 cm³/mol. The second-order valence-electron chi connectivity index (χ2n) is 12.1. The van der Waals surface area contributed by atoms with Gasteiger partial charge in [-0.05, 0) is 86.0 Å². The van der Waals surface area contributed by atoms with Crippen molar-refractivity contribution in [2.75, 3.05) is 6.61 Å². The molecule has 35 heavy (non-hydrogen) atoms. The normalized spacial score (nSPS) is 46.6. The van der Waals surface area contributed by atoms with Gasteiger partial charge in [0.2, 0.25) is 0 Å². The highest BCUT2D eigenvalue weighted by molar-refractivity contribution is 5.85. The molecule has 1 heterocycles. The van der Waals surface area contributed by atoms with E-state index in [1.54, 1.807) is 6.08 Å². The summed E-state index contributed by atoms with van der Waals surface area (Å²) in [5.41, 5.74) is -0.875. The summed E-state index contributed by atoms with van der Waals surface area (Å²) in [6, 6.07) is 0. The number of aliphatic carboxylic acids is 1. The van der Waals surface area contributed by atoms with Gasteiger partial charge in [0.1, 0.15) is 12.7 Å². The highest BCUT2D eigenvalue weighted by Gasteiger charge is 2.70. The number of hydrogen-bond donors (Lipinski definition) is 3. The molecule has 0 saturated heterocycles. The number of esters is 2. The SMILES string of the molecule is C[C@]12CC[C@@H](OC(=O)CCC(=O)O)C[C@@H]1CC[C@@H]1[C@@H]2C[C@H](O)[C@]2(C)[C@@H](C3=CC(=O)OC3)CC[C@@]12O. The summed E-state index contributed by atoms with van der Waals surface area (Å²) in [4.78, 5) is 34.6. The zero-order chi connectivity index (χ0) is 25.2. The molecule has 0 bridgehead atoms. The summed E-state index contributed by atoms with van der Waals surface area (Å²) in [6.07, 6.45) is 6.45. The maximum Gasteiger partial charge on any atom is 0.331 e. The van der Waals surface area contributed by atoms with Crippen molar-refractivity contribution in [2.45, 2.75) is 95.9 Å². The second-order valence-corrected chi connectivity index (χ2v) is 12.1. The summed E-state index contributed by atoms with van der Waals surface area (Å²) < 4.78 is 10.8. The van der Waals surface area contributed by atoms with Crippen LogP contribution in [0.15, 0.2) is 11.6 Å². The highest BCUT2D eigenvalue weighted by atomic mass is 16.5. The van der Waals surface area contributed by atoms with Gasteiger partial charge in [0.15, 0.2) is 0 Å². The standard InChI is InChI=1S/C27H38O8/c1-25-9-7-17(35-23(31)6-5-22(29)30)12-16(25)3-4-19-20(25)13-21(28)26(2)18(8-10-27(19,26)33)15-11-24(32)34-14-15/h11,16-21,28,33H,3-10,12-14H2,1-2H3,(H,29,30)/t16-,17+,18+,19+,20-,21-,25-,26-,27+/m0/s1. The van der Waals surface area contributed by atoms with Gasteiger partial charge in [-0.15, -0.1) is 0 Å². The number of fused-ring (bicyclic) bond motifs is 5. The Morgan fingerprint density at radius 1 is 1.09 bits per heavy atom. The molecular formula is C27H38O8. The maximum absolute atomic E-state index is 12.3. The lowest BCUT2D eigenvalue weighted by Gasteiger charge is -2.65. The van der Waals surface area contributed by atoms with E-state index in [1.165, 1.54) is 0 Å². The predicted octanol–water partition coefficient (Wildman–Crippen LogP) is 2.99. The summed E-state index contributed by atoms with van der Waals surface area (Å²) in [6.45, 7) is 4.55. The van der Waals surface area contributed by atoms with Gasteiger partial charge in [-0.2, -0.15) is 0 Å². The molecule has 9 atom stereocenters. The third-order valence-corrected chi connectivity index (χ3v) is 10.9. The van der Waals surface area contributed by atoms with Crippen molar-refractivity contribution >= 4 is 17.9 Å². The molecule has 194 valence electrons. The Morgan fingerprint density at radius 2 is 1.86 bits per heavy atom. The fourth-order valence-electron chi connectivity index (χ4n) is 8.91. The molecule has 1 aliphatic heterocycles. The van der Waals surface area contributed by atoms with Gasteiger partial charge < -0.3 is 24.8 Å². The first-order valence-corrected chi connectivity index (χ1v) is 13.2. The Hall–Kier alpha value is -1.93. The van der Waals surface area contributed by atoms with Crippen molar-refractivity contribution in [1.29, 1.82) is 0 Å². The lowest BCUT2D eigenvalue weighted by molar-refractivity contribution is -0.245. The fraction of sp³-hybridized carbons (Fsp3) is 0.815.